The van der Waals surface area contributed by atoms with Crippen LogP contribution >= 0.6 is 22.9 Å². The summed E-state index contributed by atoms with van der Waals surface area (Å²) in [4.78, 5) is 32.6. The highest BCUT2D eigenvalue weighted by Gasteiger charge is 2.31. The Hall–Kier alpha value is -2.50. The van der Waals surface area contributed by atoms with Crippen LogP contribution in [0.25, 0.3) is 21.6 Å². The van der Waals surface area contributed by atoms with Crippen LogP contribution in [-0.2, 0) is 14.9 Å². The molecule has 0 amide bonds. The molecule has 208 valence electrons. The lowest BCUT2D eigenvalue weighted by Crippen LogP contribution is -2.28. The van der Waals surface area contributed by atoms with Crippen LogP contribution in [0.5, 0.6) is 0 Å². The number of thiophene rings is 1. The molecule has 2 heterocycles. The van der Waals surface area contributed by atoms with Crippen molar-refractivity contribution in [3.05, 3.63) is 63.8 Å². The molecule has 1 fully saturated rings. The van der Waals surface area contributed by atoms with Gasteiger partial charge in [-0.15, -0.1) is 11.3 Å². The van der Waals surface area contributed by atoms with Crippen molar-refractivity contribution < 1.29 is 14.3 Å². The SMILES string of the molecule is Cc1sc(-c2ccc(C(=O)C3CCC[C@@H](CC(=O)OC(C)(C)C)C3)cc2Cl)cc1-c1ccnc(C(C)(C)C)c1. The number of benzene rings is 1. The van der Waals surface area contributed by atoms with E-state index in [1.807, 2.05) is 45.2 Å². The number of nitrogens with zero attached hydrogens (tertiary/aromatic N) is 1. The average Bonchev–Trinajstić information content (AvgIpc) is 3.23. The van der Waals surface area contributed by atoms with Crippen molar-refractivity contribution >= 4 is 34.7 Å². The van der Waals surface area contributed by atoms with E-state index in [4.69, 9.17) is 16.3 Å². The fourth-order valence-electron chi connectivity index (χ4n) is 5.35. The maximum Gasteiger partial charge on any atom is 0.306 e. The number of hydrogen-bond donors (Lipinski definition) is 0. The van der Waals surface area contributed by atoms with E-state index in [1.54, 1.807) is 11.3 Å². The molecular formula is C33H40ClNO3S. The molecule has 4 rings (SSSR count). The zero-order valence-electron chi connectivity index (χ0n) is 24.2. The van der Waals surface area contributed by atoms with Gasteiger partial charge in [-0.3, -0.25) is 14.6 Å². The van der Waals surface area contributed by atoms with Crippen molar-refractivity contribution in [2.75, 3.05) is 0 Å². The molecule has 2 atom stereocenters. The van der Waals surface area contributed by atoms with Gasteiger partial charge in [-0.25, -0.2) is 0 Å². The minimum atomic E-state index is -0.491. The van der Waals surface area contributed by atoms with Crippen molar-refractivity contribution in [2.45, 2.75) is 91.6 Å². The zero-order chi connectivity index (χ0) is 28.5. The number of hydrogen-bond acceptors (Lipinski definition) is 5. The second-order valence-corrected chi connectivity index (χ2v) is 14.5. The van der Waals surface area contributed by atoms with Crippen LogP contribution < -0.4 is 0 Å². The van der Waals surface area contributed by atoms with Crippen LogP contribution in [0.2, 0.25) is 5.02 Å². The molecule has 1 aliphatic carbocycles. The summed E-state index contributed by atoms with van der Waals surface area (Å²) in [5.74, 6) is 0.0241. The molecule has 0 radical (unpaired) electrons. The highest BCUT2D eigenvalue weighted by molar-refractivity contribution is 7.16. The molecule has 2 aromatic heterocycles. The Labute approximate surface area is 242 Å². The van der Waals surface area contributed by atoms with Gasteiger partial charge in [-0.05, 0) is 88.3 Å². The highest BCUT2D eigenvalue weighted by Crippen LogP contribution is 2.41. The lowest BCUT2D eigenvalue weighted by atomic mass is 9.76. The third kappa shape index (κ3) is 7.37. The number of ketones is 1. The van der Waals surface area contributed by atoms with Crippen molar-refractivity contribution in [2.24, 2.45) is 11.8 Å². The van der Waals surface area contributed by atoms with Crippen LogP contribution in [0, 0.1) is 18.8 Å². The quantitative estimate of drug-likeness (QED) is 0.220. The van der Waals surface area contributed by atoms with Crippen LogP contribution in [-0.4, -0.2) is 22.3 Å². The van der Waals surface area contributed by atoms with E-state index in [9.17, 15) is 9.59 Å². The summed E-state index contributed by atoms with van der Waals surface area (Å²) in [5, 5.41) is 0.583. The smallest absolute Gasteiger partial charge is 0.306 e. The fourth-order valence-corrected chi connectivity index (χ4v) is 6.77. The summed E-state index contributed by atoms with van der Waals surface area (Å²) in [6.07, 6.45) is 5.71. The maximum absolute atomic E-state index is 13.4. The number of aryl methyl sites for hydroxylation is 1. The number of rotatable bonds is 6. The average molecular weight is 566 g/mol. The van der Waals surface area contributed by atoms with Crippen LogP contribution in [0.3, 0.4) is 0 Å². The van der Waals surface area contributed by atoms with Gasteiger partial charge in [0.2, 0.25) is 0 Å². The monoisotopic (exact) mass is 565 g/mol. The number of esters is 1. The molecule has 0 spiro atoms. The molecule has 6 heteroatoms. The number of Topliss-reactive ketones (excluding diaryl/α,β-unsaturated/α-hetero) is 1. The zero-order valence-corrected chi connectivity index (χ0v) is 25.8. The Balaban J connectivity index is 1.50. The fraction of sp³-hybridized carbons (Fsp3) is 0.485. The molecule has 4 nitrogen and oxygen atoms in total. The van der Waals surface area contributed by atoms with Gasteiger partial charge in [0.15, 0.2) is 5.78 Å². The minimum absolute atomic E-state index is 0.0253. The first-order valence-electron chi connectivity index (χ1n) is 13.8. The van der Waals surface area contributed by atoms with Crippen LogP contribution in [0.1, 0.15) is 94.6 Å². The standard InChI is InChI=1S/C33H40ClNO3S/c1-20-26(22-13-14-35-29(18-22)32(2,3)4)19-28(39-20)25-12-11-24(17-27(25)34)31(37)23-10-8-9-21(15-23)16-30(36)38-33(5,6)7/h11-14,17-19,21,23H,8-10,15-16H2,1-7H3/t21-,23?/m1/s1. The van der Waals surface area contributed by atoms with Gasteiger partial charge in [-0.1, -0.05) is 50.9 Å². The Bertz CT molecular complexity index is 1360. The predicted octanol–water partition coefficient (Wildman–Crippen LogP) is 9.46. The molecule has 1 aliphatic rings. The summed E-state index contributed by atoms with van der Waals surface area (Å²) in [6.45, 7) is 14.3. The van der Waals surface area contributed by atoms with Gasteiger partial charge < -0.3 is 4.74 Å². The summed E-state index contributed by atoms with van der Waals surface area (Å²) in [6, 6.07) is 12.1. The highest BCUT2D eigenvalue weighted by atomic mass is 35.5. The minimum Gasteiger partial charge on any atom is -0.460 e. The maximum atomic E-state index is 13.4. The predicted molar refractivity (Wildman–Crippen MR) is 162 cm³/mol. The second-order valence-electron chi connectivity index (χ2n) is 12.8. The first-order valence-corrected chi connectivity index (χ1v) is 15.0. The van der Waals surface area contributed by atoms with Crippen LogP contribution in [0.15, 0.2) is 42.6 Å². The normalized spacial score (nSPS) is 18.2. The summed E-state index contributed by atoms with van der Waals surface area (Å²) in [7, 11) is 0. The number of carbonyl (C=O) groups excluding carboxylic acids is 2. The molecule has 0 N–H and O–H groups in total. The van der Waals surface area contributed by atoms with E-state index < -0.39 is 5.60 Å². The number of ether oxygens (including phenoxy) is 1. The summed E-state index contributed by atoms with van der Waals surface area (Å²) in [5.41, 5.74) is 4.45. The topological polar surface area (TPSA) is 56.3 Å². The molecular weight excluding hydrogens is 526 g/mol. The largest absolute Gasteiger partial charge is 0.460 e. The molecule has 0 aliphatic heterocycles. The first kappa shape index (κ1) is 29.5. The molecule has 1 saturated carbocycles. The third-order valence-electron chi connectivity index (χ3n) is 7.31. The van der Waals surface area contributed by atoms with E-state index in [0.29, 0.717) is 23.4 Å². The summed E-state index contributed by atoms with van der Waals surface area (Å²) >= 11 is 8.49. The second kappa shape index (κ2) is 11.5. The van der Waals surface area contributed by atoms with Crippen molar-refractivity contribution in [1.82, 2.24) is 4.98 Å². The van der Waals surface area contributed by atoms with E-state index in [-0.39, 0.29) is 29.0 Å². The third-order valence-corrected chi connectivity index (χ3v) is 8.70. The van der Waals surface area contributed by atoms with E-state index in [1.165, 1.54) is 10.4 Å². The lowest BCUT2D eigenvalue weighted by Gasteiger charge is -2.29. The van der Waals surface area contributed by atoms with Gasteiger partial charge in [0.1, 0.15) is 5.60 Å². The van der Waals surface area contributed by atoms with E-state index in [2.05, 4.69) is 50.9 Å². The van der Waals surface area contributed by atoms with Gasteiger partial charge in [0.05, 0.1) is 0 Å². The number of pyridine rings is 1. The van der Waals surface area contributed by atoms with Gasteiger partial charge >= 0.3 is 5.97 Å². The van der Waals surface area contributed by atoms with Gasteiger partial charge in [-0.2, -0.15) is 0 Å². The number of carbonyl (C=O) groups is 2. The summed E-state index contributed by atoms with van der Waals surface area (Å²) < 4.78 is 5.51. The van der Waals surface area contributed by atoms with Crippen molar-refractivity contribution in [3.8, 4) is 21.6 Å². The Morgan fingerprint density at radius 1 is 1.03 bits per heavy atom. The van der Waals surface area contributed by atoms with Crippen molar-refractivity contribution in [1.29, 1.82) is 0 Å². The van der Waals surface area contributed by atoms with Crippen molar-refractivity contribution in [3.63, 3.8) is 0 Å². The lowest BCUT2D eigenvalue weighted by molar-refractivity contribution is -0.156. The molecule has 3 aromatic rings. The Morgan fingerprint density at radius 3 is 2.44 bits per heavy atom. The number of halogens is 1. The van der Waals surface area contributed by atoms with E-state index in [0.717, 1.165) is 41.0 Å². The molecule has 1 aromatic carbocycles. The van der Waals surface area contributed by atoms with Crippen LogP contribution in [0.4, 0.5) is 0 Å². The molecule has 1 unspecified atom stereocenters. The number of aromatic nitrogens is 1. The first-order chi connectivity index (χ1) is 18.2. The molecule has 0 saturated heterocycles. The van der Waals surface area contributed by atoms with Gasteiger partial charge in [0.25, 0.3) is 0 Å². The van der Waals surface area contributed by atoms with E-state index >= 15 is 0 Å². The molecule has 39 heavy (non-hydrogen) atoms. The Morgan fingerprint density at radius 2 is 1.77 bits per heavy atom. The van der Waals surface area contributed by atoms with Gasteiger partial charge in [0, 0.05) is 55.5 Å². The molecule has 0 bridgehead atoms. The Kier molecular flexibility index (Phi) is 8.73.